The third-order valence-electron chi connectivity index (χ3n) is 2.37. The lowest BCUT2D eigenvalue weighted by Gasteiger charge is -2.05. The number of hydrogen-bond donors (Lipinski definition) is 1. The van der Waals surface area contributed by atoms with E-state index in [0.29, 0.717) is 5.56 Å². The number of nitrogens with one attached hydrogen (secondary N) is 1. The molecule has 0 spiro atoms. The second kappa shape index (κ2) is 6.04. The molecule has 0 saturated carbocycles. The molecule has 0 saturated heterocycles. The molecule has 2 nitrogen and oxygen atoms in total. The minimum Gasteiger partial charge on any atom is -0.272 e. The maximum Gasteiger partial charge on any atom is 0.186 e. The molecule has 104 valence electrons. The van der Waals surface area contributed by atoms with E-state index in [9.17, 15) is 17.6 Å². The summed E-state index contributed by atoms with van der Waals surface area (Å²) in [5.41, 5.74) is 1.62. The van der Waals surface area contributed by atoms with Gasteiger partial charge in [-0.15, -0.1) is 0 Å². The van der Waals surface area contributed by atoms with E-state index in [1.165, 1.54) is 6.21 Å². The summed E-state index contributed by atoms with van der Waals surface area (Å²) in [6.45, 7) is 0. The summed E-state index contributed by atoms with van der Waals surface area (Å²) in [6, 6.07) is 6.99. The summed E-state index contributed by atoms with van der Waals surface area (Å²) in [4.78, 5) is 0. The Morgan fingerprint density at radius 2 is 1.50 bits per heavy atom. The van der Waals surface area contributed by atoms with Crippen molar-refractivity contribution in [2.24, 2.45) is 5.10 Å². The van der Waals surface area contributed by atoms with Crippen molar-refractivity contribution in [3.8, 4) is 0 Å². The summed E-state index contributed by atoms with van der Waals surface area (Å²) in [7, 11) is 0. The number of halogens is 5. The molecule has 0 aliphatic heterocycles. The van der Waals surface area contributed by atoms with E-state index < -0.39 is 29.0 Å². The maximum absolute atomic E-state index is 13.3. The second-order valence-electron chi connectivity index (χ2n) is 3.76. The van der Waals surface area contributed by atoms with Gasteiger partial charge in [0.1, 0.15) is 5.69 Å². The average molecular weight is 347 g/mol. The van der Waals surface area contributed by atoms with Gasteiger partial charge in [-0.05, 0) is 17.7 Å². The molecule has 0 amide bonds. The molecule has 0 radical (unpaired) electrons. The molecule has 0 aromatic heterocycles. The van der Waals surface area contributed by atoms with Crippen molar-refractivity contribution in [2.75, 3.05) is 5.43 Å². The second-order valence-corrected chi connectivity index (χ2v) is 4.68. The zero-order valence-electron chi connectivity index (χ0n) is 9.80. The van der Waals surface area contributed by atoms with Gasteiger partial charge in [0, 0.05) is 10.5 Å². The van der Waals surface area contributed by atoms with Crippen LogP contribution < -0.4 is 5.43 Å². The third kappa shape index (κ3) is 3.16. The van der Waals surface area contributed by atoms with Gasteiger partial charge in [0.25, 0.3) is 0 Å². The fraction of sp³-hybridized carbons (Fsp3) is 0. The number of anilines is 1. The largest absolute Gasteiger partial charge is 0.272 e. The fourth-order valence-electron chi connectivity index (χ4n) is 1.39. The van der Waals surface area contributed by atoms with Crippen molar-refractivity contribution in [1.29, 1.82) is 0 Å². The third-order valence-corrected chi connectivity index (χ3v) is 2.90. The Kier molecular flexibility index (Phi) is 4.39. The van der Waals surface area contributed by atoms with Gasteiger partial charge in [-0.3, -0.25) is 5.43 Å². The molecule has 0 unspecified atom stereocenters. The quantitative estimate of drug-likeness (QED) is 0.377. The van der Waals surface area contributed by atoms with Crippen molar-refractivity contribution < 1.29 is 17.6 Å². The van der Waals surface area contributed by atoms with Gasteiger partial charge in [-0.25, -0.2) is 17.6 Å². The first-order chi connectivity index (χ1) is 9.49. The average Bonchev–Trinajstić information content (AvgIpc) is 2.42. The van der Waals surface area contributed by atoms with Gasteiger partial charge >= 0.3 is 0 Å². The molecule has 7 heteroatoms. The monoisotopic (exact) mass is 346 g/mol. The Bertz CT molecular complexity index is 630. The lowest BCUT2D eigenvalue weighted by molar-refractivity contribution is 0.458. The lowest BCUT2D eigenvalue weighted by atomic mass is 10.2. The minimum absolute atomic E-state index is 0.133. The van der Waals surface area contributed by atoms with Crippen LogP contribution in [0.4, 0.5) is 23.2 Å². The highest BCUT2D eigenvalue weighted by atomic mass is 79.9. The Balaban J connectivity index is 2.21. The smallest absolute Gasteiger partial charge is 0.186 e. The van der Waals surface area contributed by atoms with E-state index in [2.05, 4.69) is 21.0 Å². The summed E-state index contributed by atoms with van der Waals surface area (Å²) in [5.74, 6) is -6.05. The van der Waals surface area contributed by atoms with Gasteiger partial charge in [-0.1, -0.05) is 28.1 Å². The summed E-state index contributed by atoms with van der Waals surface area (Å²) < 4.78 is 53.3. The lowest BCUT2D eigenvalue weighted by Crippen LogP contribution is -2.02. The van der Waals surface area contributed by atoms with Crippen molar-refractivity contribution >= 4 is 27.8 Å². The SMILES string of the molecule is Fc1cc(F)c(F)c(NN=Cc2ccc(Br)cc2)c1F. The van der Waals surface area contributed by atoms with Crippen LogP contribution in [-0.2, 0) is 0 Å². The highest BCUT2D eigenvalue weighted by Gasteiger charge is 2.18. The van der Waals surface area contributed by atoms with Gasteiger partial charge in [0.15, 0.2) is 23.3 Å². The van der Waals surface area contributed by atoms with Crippen LogP contribution in [0.1, 0.15) is 5.56 Å². The fourth-order valence-corrected chi connectivity index (χ4v) is 1.66. The molecule has 0 bridgehead atoms. The predicted octanol–water partition coefficient (Wildman–Crippen LogP) is 4.45. The first-order valence-corrected chi connectivity index (χ1v) is 6.16. The van der Waals surface area contributed by atoms with Gasteiger partial charge in [0.05, 0.1) is 6.21 Å². The van der Waals surface area contributed by atoms with E-state index in [1.54, 1.807) is 24.3 Å². The van der Waals surface area contributed by atoms with Crippen LogP contribution in [0.5, 0.6) is 0 Å². The van der Waals surface area contributed by atoms with Crippen LogP contribution in [0.25, 0.3) is 0 Å². The molecular weight excluding hydrogens is 340 g/mol. The molecular formula is C13H7BrF4N2. The van der Waals surface area contributed by atoms with E-state index >= 15 is 0 Å². The normalized spacial score (nSPS) is 11.1. The predicted molar refractivity (Wildman–Crippen MR) is 71.6 cm³/mol. The molecule has 2 aromatic rings. The minimum atomic E-state index is -1.53. The number of benzene rings is 2. The Morgan fingerprint density at radius 3 is 2.05 bits per heavy atom. The number of nitrogens with zero attached hydrogens (tertiary/aromatic N) is 1. The molecule has 2 rings (SSSR count). The summed E-state index contributed by atoms with van der Waals surface area (Å²) in [6.07, 6.45) is 1.26. The zero-order chi connectivity index (χ0) is 14.7. The van der Waals surface area contributed by atoms with Gasteiger partial charge in [0.2, 0.25) is 0 Å². The van der Waals surface area contributed by atoms with E-state index in [0.717, 1.165) is 4.47 Å². The van der Waals surface area contributed by atoms with Gasteiger partial charge < -0.3 is 0 Å². The van der Waals surface area contributed by atoms with Crippen molar-refractivity contribution in [1.82, 2.24) is 0 Å². The highest BCUT2D eigenvalue weighted by molar-refractivity contribution is 9.10. The van der Waals surface area contributed by atoms with Gasteiger partial charge in [-0.2, -0.15) is 5.10 Å². The Morgan fingerprint density at radius 1 is 0.950 bits per heavy atom. The van der Waals surface area contributed by atoms with Crippen LogP contribution in [-0.4, -0.2) is 6.21 Å². The molecule has 0 aliphatic rings. The first-order valence-electron chi connectivity index (χ1n) is 5.36. The standard InChI is InChI=1S/C13H7BrF4N2/c14-8-3-1-7(2-4-8)6-19-20-13-11(17)9(15)5-10(16)12(13)18/h1-6,20H. The van der Waals surface area contributed by atoms with E-state index in [1.807, 2.05) is 5.43 Å². The Hall–Kier alpha value is -1.89. The van der Waals surface area contributed by atoms with Crippen molar-refractivity contribution in [2.45, 2.75) is 0 Å². The van der Waals surface area contributed by atoms with Crippen LogP contribution in [0, 0.1) is 23.3 Å². The molecule has 0 heterocycles. The molecule has 1 N–H and O–H groups in total. The van der Waals surface area contributed by atoms with Crippen LogP contribution in [0.2, 0.25) is 0 Å². The highest BCUT2D eigenvalue weighted by Crippen LogP contribution is 2.24. The molecule has 0 atom stereocenters. The number of hydrogen-bond acceptors (Lipinski definition) is 2. The van der Waals surface area contributed by atoms with Crippen LogP contribution in [0.3, 0.4) is 0 Å². The van der Waals surface area contributed by atoms with Crippen molar-refractivity contribution in [3.63, 3.8) is 0 Å². The molecule has 20 heavy (non-hydrogen) atoms. The Labute approximate surface area is 120 Å². The number of hydrazone groups is 1. The van der Waals surface area contributed by atoms with Crippen molar-refractivity contribution in [3.05, 3.63) is 63.6 Å². The topological polar surface area (TPSA) is 24.4 Å². The summed E-state index contributed by atoms with van der Waals surface area (Å²) in [5, 5.41) is 3.54. The summed E-state index contributed by atoms with van der Waals surface area (Å²) >= 11 is 3.24. The van der Waals surface area contributed by atoms with E-state index in [-0.39, 0.29) is 6.07 Å². The molecule has 0 aliphatic carbocycles. The van der Waals surface area contributed by atoms with Crippen LogP contribution >= 0.6 is 15.9 Å². The van der Waals surface area contributed by atoms with E-state index in [4.69, 9.17) is 0 Å². The molecule has 2 aromatic carbocycles. The van der Waals surface area contributed by atoms with Crippen LogP contribution in [0.15, 0.2) is 39.9 Å². The first kappa shape index (κ1) is 14.5. The maximum atomic E-state index is 13.3. The zero-order valence-corrected chi connectivity index (χ0v) is 11.4. The number of rotatable bonds is 3. The molecule has 0 fully saturated rings.